The van der Waals surface area contributed by atoms with Crippen LogP contribution in [-0.4, -0.2) is 47.6 Å². The van der Waals surface area contributed by atoms with Gasteiger partial charge in [0.2, 0.25) is 5.91 Å². The molecule has 6 nitrogen and oxygen atoms in total. The molecule has 0 unspecified atom stereocenters. The third-order valence-electron chi connectivity index (χ3n) is 2.29. The Kier molecular flexibility index (Phi) is 4.53. The van der Waals surface area contributed by atoms with Crippen molar-refractivity contribution < 1.29 is 19.8 Å². The highest BCUT2D eigenvalue weighted by atomic mass is 16.3. The van der Waals surface area contributed by atoms with Crippen LogP contribution < -0.4 is 5.32 Å². The summed E-state index contributed by atoms with van der Waals surface area (Å²) in [5.41, 5.74) is 0.143. The van der Waals surface area contributed by atoms with Crippen molar-refractivity contribution in [2.45, 2.75) is 6.42 Å². The van der Waals surface area contributed by atoms with Crippen LogP contribution in [0.25, 0.3) is 0 Å². The fraction of sp³-hybridized carbons (Fsp3) is 0.333. The maximum Gasteiger partial charge on any atom is 0.251 e. The average molecular weight is 252 g/mol. The number of hydrogen-bond acceptors (Lipinski definition) is 4. The van der Waals surface area contributed by atoms with Crippen molar-refractivity contribution in [1.29, 1.82) is 0 Å². The summed E-state index contributed by atoms with van der Waals surface area (Å²) in [6.07, 6.45) is 0.198. The van der Waals surface area contributed by atoms with Crippen LogP contribution in [-0.2, 0) is 4.79 Å². The van der Waals surface area contributed by atoms with Gasteiger partial charge < -0.3 is 20.4 Å². The molecule has 0 heterocycles. The van der Waals surface area contributed by atoms with Crippen molar-refractivity contribution in [2.75, 3.05) is 20.6 Å². The zero-order valence-electron chi connectivity index (χ0n) is 10.3. The maximum atomic E-state index is 11.6. The van der Waals surface area contributed by atoms with E-state index in [2.05, 4.69) is 5.32 Å². The van der Waals surface area contributed by atoms with Gasteiger partial charge >= 0.3 is 0 Å². The number of benzene rings is 1. The summed E-state index contributed by atoms with van der Waals surface area (Å²) >= 11 is 0. The van der Waals surface area contributed by atoms with Gasteiger partial charge in [-0.05, 0) is 12.1 Å². The molecule has 1 rings (SSSR count). The van der Waals surface area contributed by atoms with E-state index in [0.717, 1.165) is 6.07 Å². The molecule has 0 radical (unpaired) electrons. The number of aromatic hydroxyl groups is 2. The summed E-state index contributed by atoms with van der Waals surface area (Å²) in [5.74, 6) is -0.921. The summed E-state index contributed by atoms with van der Waals surface area (Å²) in [4.78, 5) is 24.3. The standard InChI is InChI=1S/C12H16N2O4/c1-14(2)11(17)3-4-13-12(18)8-5-9(15)7-10(16)6-8/h5-7,15-16H,3-4H2,1-2H3,(H,13,18). The van der Waals surface area contributed by atoms with Crippen molar-refractivity contribution in [3.63, 3.8) is 0 Å². The van der Waals surface area contributed by atoms with Gasteiger partial charge in [-0.3, -0.25) is 9.59 Å². The highest BCUT2D eigenvalue weighted by Gasteiger charge is 2.09. The lowest BCUT2D eigenvalue weighted by atomic mass is 10.2. The molecule has 0 atom stereocenters. The second-order valence-electron chi connectivity index (χ2n) is 4.03. The minimum Gasteiger partial charge on any atom is -0.508 e. The molecule has 1 aromatic rings. The number of hydrogen-bond donors (Lipinski definition) is 3. The summed E-state index contributed by atoms with van der Waals surface area (Å²) in [6, 6.07) is 3.61. The number of nitrogens with one attached hydrogen (secondary N) is 1. The van der Waals surface area contributed by atoms with Crippen LogP contribution in [0.4, 0.5) is 0 Å². The monoisotopic (exact) mass is 252 g/mol. The maximum absolute atomic E-state index is 11.6. The number of carbonyl (C=O) groups excluding carboxylic acids is 2. The number of phenolic OH excluding ortho intramolecular Hbond substituents is 2. The molecule has 0 aliphatic carbocycles. The van der Waals surface area contributed by atoms with Gasteiger partial charge in [0.1, 0.15) is 11.5 Å². The van der Waals surface area contributed by atoms with E-state index in [4.69, 9.17) is 0 Å². The Morgan fingerprint density at radius 2 is 1.72 bits per heavy atom. The number of amides is 2. The molecule has 6 heteroatoms. The zero-order valence-corrected chi connectivity index (χ0v) is 10.3. The normalized spacial score (nSPS) is 9.89. The van der Waals surface area contributed by atoms with Gasteiger partial charge in [0.05, 0.1) is 0 Å². The first-order valence-electron chi connectivity index (χ1n) is 5.41. The molecule has 98 valence electrons. The molecule has 0 saturated heterocycles. The predicted molar refractivity (Wildman–Crippen MR) is 65.4 cm³/mol. The predicted octanol–water partition coefficient (Wildman–Crippen LogP) is 0.306. The molecular weight excluding hydrogens is 236 g/mol. The minimum absolute atomic E-state index is 0.0888. The molecule has 1 aromatic carbocycles. The van der Waals surface area contributed by atoms with Crippen LogP contribution in [0.15, 0.2) is 18.2 Å². The van der Waals surface area contributed by atoms with Crippen LogP contribution >= 0.6 is 0 Å². The summed E-state index contributed by atoms with van der Waals surface area (Å²) in [7, 11) is 3.27. The molecule has 0 saturated carbocycles. The summed E-state index contributed by atoms with van der Waals surface area (Å²) in [6.45, 7) is 0.201. The third kappa shape index (κ3) is 3.97. The Hall–Kier alpha value is -2.24. The fourth-order valence-corrected chi connectivity index (χ4v) is 1.33. The van der Waals surface area contributed by atoms with Crippen LogP contribution in [0, 0.1) is 0 Å². The first kappa shape index (κ1) is 13.8. The SMILES string of the molecule is CN(C)C(=O)CCNC(=O)c1cc(O)cc(O)c1. The zero-order chi connectivity index (χ0) is 13.7. The minimum atomic E-state index is -0.451. The quantitative estimate of drug-likeness (QED) is 0.719. The van der Waals surface area contributed by atoms with Gasteiger partial charge in [0, 0.05) is 38.7 Å². The van der Waals surface area contributed by atoms with E-state index in [1.807, 2.05) is 0 Å². The van der Waals surface area contributed by atoms with Crippen molar-refractivity contribution in [3.8, 4) is 11.5 Å². The smallest absolute Gasteiger partial charge is 0.251 e. The van der Waals surface area contributed by atoms with Gasteiger partial charge in [-0.25, -0.2) is 0 Å². The van der Waals surface area contributed by atoms with E-state index in [-0.39, 0.29) is 35.9 Å². The lowest BCUT2D eigenvalue weighted by Gasteiger charge is -2.10. The van der Waals surface area contributed by atoms with Crippen molar-refractivity contribution in [1.82, 2.24) is 10.2 Å². The molecule has 2 amide bonds. The molecule has 0 bridgehead atoms. The van der Waals surface area contributed by atoms with Crippen LogP contribution in [0.2, 0.25) is 0 Å². The third-order valence-corrected chi connectivity index (χ3v) is 2.29. The van der Waals surface area contributed by atoms with Crippen molar-refractivity contribution >= 4 is 11.8 Å². The van der Waals surface area contributed by atoms with Crippen LogP contribution in [0.1, 0.15) is 16.8 Å². The van der Waals surface area contributed by atoms with E-state index < -0.39 is 5.91 Å². The first-order chi connectivity index (χ1) is 8.40. The van der Waals surface area contributed by atoms with Gasteiger partial charge in [0.15, 0.2) is 0 Å². The second kappa shape index (κ2) is 5.90. The molecule has 18 heavy (non-hydrogen) atoms. The molecular formula is C12H16N2O4. The van der Waals surface area contributed by atoms with Gasteiger partial charge in [-0.1, -0.05) is 0 Å². The average Bonchev–Trinajstić information content (AvgIpc) is 2.27. The Balaban J connectivity index is 2.53. The molecule has 3 N–H and O–H groups in total. The van der Waals surface area contributed by atoms with Crippen LogP contribution in [0.5, 0.6) is 11.5 Å². The van der Waals surface area contributed by atoms with Gasteiger partial charge in [-0.2, -0.15) is 0 Å². The van der Waals surface area contributed by atoms with Crippen molar-refractivity contribution in [3.05, 3.63) is 23.8 Å². The fourth-order valence-electron chi connectivity index (χ4n) is 1.33. The number of carbonyl (C=O) groups is 2. The Labute approximate surface area is 105 Å². The lowest BCUT2D eigenvalue weighted by Crippen LogP contribution is -2.30. The number of phenols is 2. The molecule has 0 spiro atoms. The topological polar surface area (TPSA) is 89.9 Å². The Bertz CT molecular complexity index is 437. The van der Waals surface area contributed by atoms with Gasteiger partial charge in [0.25, 0.3) is 5.91 Å². The number of nitrogens with zero attached hydrogens (tertiary/aromatic N) is 1. The van der Waals surface area contributed by atoms with E-state index in [0.29, 0.717) is 0 Å². The molecule has 0 aliphatic rings. The summed E-state index contributed by atoms with van der Waals surface area (Å²) < 4.78 is 0. The molecule has 0 aromatic heterocycles. The Morgan fingerprint density at radius 1 is 1.17 bits per heavy atom. The lowest BCUT2D eigenvalue weighted by molar-refractivity contribution is -0.128. The highest BCUT2D eigenvalue weighted by molar-refractivity contribution is 5.95. The van der Waals surface area contributed by atoms with E-state index in [9.17, 15) is 19.8 Å². The van der Waals surface area contributed by atoms with Crippen LogP contribution in [0.3, 0.4) is 0 Å². The highest BCUT2D eigenvalue weighted by Crippen LogP contribution is 2.20. The largest absolute Gasteiger partial charge is 0.508 e. The second-order valence-corrected chi connectivity index (χ2v) is 4.03. The first-order valence-corrected chi connectivity index (χ1v) is 5.41. The Morgan fingerprint density at radius 3 is 2.22 bits per heavy atom. The van der Waals surface area contributed by atoms with Gasteiger partial charge in [-0.15, -0.1) is 0 Å². The number of rotatable bonds is 4. The molecule has 0 aliphatic heterocycles. The van der Waals surface area contributed by atoms with E-state index in [1.165, 1.54) is 17.0 Å². The van der Waals surface area contributed by atoms with Crippen molar-refractivity contribution in [2.24, 2.45) is 0 Å². The molecule has 0 fully saturated rings. The summed E-state index contributed by atoms with van der Waals surface area (Å²) in [5, 5.41) is 21.0. The van der Waals surface area contributed by atoms with E-state index >= 15 is 0 Å². The van der Waals surface area contributed by atoms with E-state index in [1.54, 1.807) is 14.1 Å².